The molecule has 2 aliphatic rings. The summed E-state index contributed by atoms with van der Waals surface area (Å²) in [6.45, 7) is 0.639. The summed E-state index contributed by atoms with van der Waals surface area (Å²) in [5.74, 6) is -0.381. The fourth-order valence-corrected chi connectivity index (χ4v) is 3.48. The van der Waals surface area contributed by atoms with E-state index in [1.54, 1.807) is 36.2 Å². The lowest BCUT2D eigenvalue weighted by Gasteiger charge is -2.31. The minimum atomic E-state index is -0.574. The van der Waals surface area contributed by atoms with Gasteiger partial charge < -0.3 is 15.3 Å². The number of nitrogens with one attached hydrogen (secondary N) is 1. The van der Waals surface area contributed by atoms with Crippen LogP contribution in [0.15, 0.2) is 59.8 Å². The van der Waals surface area contributed by atoms with Crippen LogP contribution in [0.5, 0.6) is 5.75 Å². The van der Waals surface area contributed by atoms with Crippen molar-refractivity contribution < 1.29 is 19.1 Å². The van der Waals surface area contributed by atoms with Crippen molar-refractivity contribution in [2.24, 2.45) is 0 Å². The molecule has 0 aromatic heterocycles. The molecule has 1 atom stereocenters. The average molecular weight is 367 g/mol. The number of rotatable bonds is 3. The molecule has 2 heterocycles. The van der Waals surface area contributed by atoms with Crippen molar-refractivity contribution in [1.82, 2.24) is 15.1 Å². The Morgan fingerprint density at radius 1 is 1.11 bits per heavy atom. The molecular weight excluding hydrogens is 349 g/mol. The Balaban J connectivity index is 1.65. The topological polar surface area (TPSA) is 72.9 Å². The molecule has 2 aliphatic heterocycles. The van der Waals surface area contributed by atoms with E-state index < -0.39 is 6.04 Å². The molecule has 0 spiro atoms. The third-order valence-electron chi connectivity index (χ3n) is 4.95. The Morgan fingerprint density at radius 2 is 1.78 bits per heavy atom. The molecule has 2 aromatic rings. The van der Waals surface area contributed by atoms with Crippen molar-refractivity contribution in [2.75, 3.05) is 13.6 Å². The fraction of sp³-hybridized carbons (Fsp3) is 0.200. The van der Waals surface area contributed by atoms with Gasteiger partial charge in [-0.2, -0.15) is 0 Å². The number of hydrogen-bond acceptors (Lipinski definition) is 3. The molecule has 4 rings (SSSR count). The minimum absolute atomic E-state index is 0.114. The van der Waals surface area contributed by atoms with Gasteiger partial charge in [-0.15, -0.1) is 0 Å². The number of aromatic hydroxyl groups is 1. The normalized spacial score (nSPS) is 19.4. The summed E-state index contributed by atoms with van der Waals surface area (Å²) >= 11 is 0. The van der Waals surface area contributed by atoms with Crippen molar-refractivity contribution in [1.29, 1.82) is 0 Å². The van der Waals surface area contributed by atoms with E-state index in [4.69, 9.17) is 0 Å². The largest absolute Gasteiger partial charge is 0.508 e. The monoisotopic (exact) mass is 367 g/mol. The number of phenolic OH excluding ortho intramolecular Hbond substituents is 1. The SMILES string of the molecule is CN1C(=O)N[C@@H](c2ccc(O)cc2)C2=C1CN(Cc1ccc(F)cc1)C2=O. The molecule has 0 aliphatic carbocycles. The molecule has 0 fully saturated rings. The fourth-order valence-electron chi connectivity index (χ4n) is 3.48. The molecule has 7 heteroatoms. The van der Waals surface area contributed by atoms with E-state index in [-0.39, 0.29) is 23.5 Å². The van der Waals surface area contributed by atoms with E-state index in [1.165, 1.54) is 29.2 Å². The Labute approximate surface area is 155 Å². The molecule has 27 heavy (non-hydrogen) atoms. The van der Waals surface area contributed by atoms with Gasteiger partial charge in [0, 0.05) is 13.6 Å². The van der Waals surface area contributed by atoms with Crippen LogP contribution >= 0.6 is 0 Å². The summed E-state index contributed by atoms with van der Waals surface area (Å²) in [7, 11) is 1.63. The molecule has 6 nitrogen and oxygen atoms in total. The number of urea groups is 1. The first-order valence-corrected chi connectivity index (χ1v) is 8.54. The maximum atomic E-state index is 13.1. The molecule has 2 N–H and O–H groups in total. The summed E-state index contributed by atoms with van der Waals surface area (Å²) in [6, 6.07) is 11.6. The zero-order valence-corrected chi connectivity index (χ0v) is 14.6. The van der Waals surface area contributed by atoms with Crippen LogP contribution in [0.4, 0.5) is 9.18 Å². The third kappa shape index (κ3) is 3.01. The van der Waals surface area contributed by atoms with E-state index in [2.05, 4.69) is 5.32 Å². The number of carbonyl (C=O) groups is 2. The lowest BCUT2D eigenvalue weighted by Crippen LogP contribution is -2.45. The van der Waals surface area contributed by atoms with Gasteiger partial charge in [0.2, 0.25) is 0 Å². The zero-order chi connectivity index (χ0) is 19.1. The van der Waals surface area contributed by atoms with E-state index in [0.29, 0.717) is 24.4 Å². The smallest absolute Gasteiger partial charge is 0.322 e. The second kappa shape index (κ2) is 6.42. The third-order valence-corrected chi connectivity index (χ3v) is 4.95. The molecule has 0 unspecified atom stereocenters. The number of carbonyl (C=O) groups excluding carboxylic acids is 2. The van der Waals surface area contributed by atoms with Gasteiger partial charge in [-0.25, -0.2) is 9.18 Å². The molecule has 3 amide bonds. The molecule has 0 saturated carbocycles. The van der Waals surface area contributed by atoms with E-state index in [9.17, 15) is 19.1 Å². The second-order valence-corrected chi connectivity index (χ2v) is 6.68. The van der Waals surface area contributed by atoms with Gasteiger partial charge in [-0.05, 0) is 35.4 Å². The number of benzene rings is 2. The van der Waals surface area contributed by atoms with Gasteiger partial charge in [-0.1, -0.05) is 24.3 Å². The van der Waals surface area contributed by atoms with E-state index >= 15 is 0 Å². The maximum Gasteiger partial charge on any atom is 0.322 e. The van der Waals surface area contributed by atoms with Crippen LogP contribution < -0.4 is 5.32 Å². The summed E-state index contributed by atoms with van der Waals surface area (Å²) < 4.78 is 13.1. The summed E-state index contributed by atoms with van der Waals surface area (Å²) in [5, 5.41) is 12.4. The standard InChI is InChI=1S/C20H18FN3O3/c1-23-16-11-24(10-12-2-6-14(21)7-3-12)19(26)17(16)18(22-20(23)27)13-4-8-15(25)9-5-13/h2-9,18,25H,10-11H2,1H3,(H,22,27)/t18-/m0/s1. The van der Waals surface area contributed by atoms with Crippen molar-refractivity contribution in [3.8, 4) is 5.75 Å². The number of nitrogens with zero attached hydrogens (tertiary/aromatic N) is 2. The summed E-state index contributed by atoms with van der Waals surface area (Å²) in [6.07, 6.45) is 0. The van der Waals surface area contributed by atoms with Gasteiger partial charge in [0.1, 0.15) is 11.6 Å². The van der Waals surface area contributed by atoms with Crippen LogP contribution in [0.2, 0.25) is 0 Å². The van der Waals surface area contributed by atoms with Crippen LogP contribution in [0, 0.1) is 5.82 Å². The Morgan fingerprint density at radius 3 is 2.44 bits per heavy atom. The highest BCUT2D eigenvalue weighted by atomic mass is 19.1. The van der Waals surface area contributed by atoms with Crippen LogP contribution in [0.1, 0.15) is 17.2 Å². The van der Waals surface area contributed by atoms with E-state index in [0.717, 1.165) is 11.1 Å². The quantitative estimate of drug-likeness (QED) is 0.876. The predicted octanol–water partition coefficient (Wildman–Crippen LogP) is 2.52. The van der Waals surface area contributed by atoms with Gasteiger partial charge in [0.15, 0.2) is 0 Å². The highest BCUT2D eigenvalue weighted by molar-refractivity contribution is 6.01. The number of halogens is 1. The van der Waals surface area contributed by atoms with Gasteiger partial charge in [0.25, 0.3) is 5.91 Å². The molecule has 2 aromatic carbocycles. The lowest BCUT2D eigenvalue weighted by atomic mass is 9.95. The molecule has 0 radical (unpaired) electrons. The highest BCUT2D eigenvalue weighted by Gasteiger charge is 2.42. The van der Waals surface area contributed by atoms with Crippen LogP contribution in [-0.2, 0) is 11.3 Å². The average Bonchev–Trinajstić information content (AvgIpc) is 2.98. The molecule has 0 saturated heterocycles. The van der Waals surface area contributed by atoms with Crippen LogP contribution in [-0.4, -0.2) is 40.4 Å². The van der Waals surface area contributed by atoms with Crippen LogP contribution in [0.25, 0.3) is 0 Å². The highest BCUT2D eigenvalue weighted by Crippen LogP contribution is 2.36. The predicted molar refractivity (Wildman–Crippen MR) is 96.0 cm³/mol. The molecule has 0 bridgehead atoms. The minimum Gasteiger partial charge on any atom is -0.508 e. The van der Waals surface area contributed by atoms with E-state index in [1.807, 2.05) is 0 Å². The van der Waals surface area contributed by atoms with Crippen molar-refractivity contribution >= 4 is 11.9 Å². The number of amides is 3. The Bertz CT molecular complexity index is 938. The van der Waals surface area contributed by atoms with Gasteiger partial charge in [-0.3, -0.25) is 9.69 Å². The molecule has 138 valence electrons. The maximum absolute atomic E-state index is 13.1. The van der Waals surface area contributed by atoms with Crippen LogP contribution in [0.3, 0.4) is 0 Å². The second-order valence-electron chi connectivity index (χ2n) is 6.68. The zero-order valence-electron chi connectivity index (χ0n) is 14.6. The van der Waals surface area contributed by atoms with Crippen molar-refractivity contribution in [2.45, 2.75) is 12.6 Å². The van der Waals surface area contributed by atoms with Crippen molar-refractivity contribution in [3.05, 3.63) is 76.7 Å². The van der Waals surface area contributed by atoms with Gasteiger partial charge in [0.05, 0.1) is 23.9 Å². The Kier molecular flexibility index (Phi) is 4.07. The van der Waals surface area contributed by atoms with Crippen molar-refractivity contribution in [3.63, 3.8) is 0 Å². The van der Waals surface area contributed by atoms with Gasteiger partial charge >= 0.3 is 6.03 Å². The summed E-state index contributed by atoms with van der Waals surface area (Å²) in [5.41, 5.74) is 2.71. The summed E-state index contributed by atoms with van der Waals surface area (Å²) in [4.78, 5) is 28.5. The first kappa shape index (κ1) is 17.1. The first-order valence-electron chi connectivity index (χ1n) is 8.54. The molecular formula is C20H18FN3O3. The number of phenols is 1. The number of likely N-dealkylation sites (N-methyl/N-ethyl adjacent to an activating group) is 1. The number of hydrogen-bond donors (Lipinski definition) is 2. The Hall–Kier alpha value is -3.35. The lowest BCUT2D eigenvalue weighted by molar-refractivity contribution is -0.126. The first-order chi connectivity index (χ1) is 12.9.